The fraction of sp³-hybridized carbons (Fsp3) is 0.706. The minimum absolute atomic E-state index is 0.0600. The van der Waals surface area contributed by atoms with Gasteiger partial charge in [0, 0.05) is 28.9 Å². The van der Waals surface area contributed by atoms with Crippen molar-refractivity contribution in [3.05, 3.63) is 21.9 Å². The van der Waals surface area contributed by atoms with Crippen molar-refractivity contribution in [1.29, 1.82) is 0 Å². The van der Waals surface area contributed by atoms with Crippen LogP contribution in [0.15, 0.2) is 12.1 Å². The van der Waals surface area contributed by atoms with Crippen LogP contribution in [0.5, 0.6) is 0 Å². The maximum atomic E-state index is 12.1. The molecule has 2 saturated heterocycles. The number of carbonyl (C=O) groups excluding carboxylic acids is 1. The van der Waals surface area contributed by atoms with Crippen LogP contribution in [-0.4, -0.2) is 42.1 Å². The Morgan fingerprint density at radius 2 is 2.32 bits per heavy atom. The number of likely N-dealkylation sites (tertiary alicyclic amines) is 1. The van der Waals surface area contributed by atoms with E-state index in [1.165, 1.54) is 9.75 Å². The second-order valence-corrected chi connectivity index (χ2v) is 8.23. The summed E-state index contributed by atoms with van der Waals surface area (Å²) in [6.45, 7) is 9.20. The molecule has 2 fully saturated rings. The number of ether oxygens (including phenoxy) is 1. The van der Waals surface area contributed by atoms with E-state index in [0.717, 1.165) is 32.5 Å². The minimum atomic E-state index is -0.249. The quantitative estimate of drug-likeness (QED) is 0.926. The summed E-state index contributed by atoms with van der Waals surface area (Å²) in [5.74, 6) is 0.606. The van der Waals surface area contributed by atoms with Crippen molar-refractivity contribution < 1.29 is 9.53 Å². The van der Waals surface area contributed by atoms with Gasteiger partial charge < -0.3 is 10.1 Å². The molecule has 0 unspecified atom stereocenters. The van der Waals surface area contributed by atoms with Gasteiger partial charge in [-0.2, -0.15) is 0 Å². The molecule has 3 heterocycles. The molecular formula is C17H26N2O2S. The van der Waals surface area contributed by atoms with Gasteiger partial charge in [0.1, 0.15) is 6.10 Å². The standard InChI is InChI=1S/C17H26N2O2S/c1-11(2)18-17(20)15-8-13-6-7-19(10-16(13)21-15)9-14-5-4-12(3)22-14/h4-5,11,13,15-16H,6-10H2,1-3H3,(H,18,20)/t13-,15-,16+/m1/s1. The first-order valence-corrected chi connectivity index (χ1v) is 9.06. The van der Waals surface area contributed by atoms with E-state index in [4.69, 9.17) is 4.74 Å². The van der Waals surface area contributed by atoms with E-state index in [-0.39, 0.29) is 24.2 Å². The normalized spacial score (nSPS) is 28.8. The van der Waals surface area contributed by atoms with Crippen LogP contribution in [0.4, 0.5) is 0 Å². The molecular weight excluding hydrogens is 296 g/mol. The molecule has 0 aliphatic carbocycles. The molecule has 5 heteroatoms. The molecule has 4 nitrogen and oxygen atoms in total. The Balaban J connectivity index is 1.54. The van der Waals surface area contributed by atoms with Gasteiger partial charge in [0.05, 0.1) is 6.10 Å². The van der Waals surface area contributed by atoms with Crippen LogP contribution in [-0.2, 0) is 16.1 Å². The van der Waals surface area contributed by atoms with Crippen LogP contribution in [0.3, 0.4) is 0 Å². The summed E-state index contributed by atoms with van der Waals surface area (Å²) >= 11 is 1.87. The van der Waals surface area contributed by atoms with Crippen LogP contribution in [0, 0.1) is 12.8 Å². The Morgan fingerprint density at radius 3 is 3.00 bits per heavy atom. The topological polar surface area (TPSA) is 41.6 Å². The Labute approximate surface area is 136 Å². The Kier molecular flexibility index (Phi) is 4.85. The van der Waals surface area contributed by atoms with E-state index in [1.54, 1.807) is 0 Å². The molecule has 2 aliphatic heterocycles. The summed E-state index contributed by atoms with van der Waals surface area (Å²) in [6.07, 6.45) is 1.99. The van der Waals surface area contributed by atoms with Crippen molar-refractivity contribution in [3.63, 3.8) is 0 Å². The van der Waals surface area contributed by atoms with Crippen LogP contribution in [0.25, 0.3) is 0 Å². The van der Waals surface area contributed by atoms with Crippen molar-refractivity contribution >= 4 is 17.2 Å². The average Bonchev–Trinajstić information content (AvgIpc) is 3.04. The summed E-state index contributed by atoms with van der Waals surface area (Å²) in [7, 11) is 0. The zero-order valence-corrected chi connectivity index (χ0v) is 14.5. The number of fused-ring (bicyclic) bond motifs is 1. The minimum Gasteiger partial charge on any atom is -0.364 e. The molecule has 1 aromatic heterocycles. The molecule has 3 atom stereocenters. The van der Waals surface area contributed by atoms with Crippen molar-refractivity contribution in [2.75, 3.05) is 13.1 Å². The van der Waals surface area contributed by atoms with Crippen LogP contribution < -0.4 is 5.32 Å². The van der Waals surface area contributed by atoms with E-state index in [2.05, 4.69) is 29.3 Å². The lowest BCUT2D eigenvalue weighted by Gasteiger charge is -2.33. The molecule has 1 N–H and O–H groups in total. The number of hydrogen-bond donors (Lipinski definition) is 1. The summed E-state index contributed by atoms with van der Waals surface area (Å²) in [6, 6.07) is 4.59. The highest BCUT2D eigenvalue weighted by molar-refractivity contribution is 7.11. The highest BCUT2D eigenvalue weighted by Gasteiger charge is 2.41. The lowest BCUT2D eigenvalue weighted by Crippen LogP contribution is -2.42. The molecule has 0 aromatic carbocycles. The third-order valence-electron chi connectivity index (χ3n) is 4.53. The fourth-order valence-corrected chi connectivity index (χ4v) is 4.41. The monoisotopic (exact) mass is 322 g/mol. The Hall–Kier alpha value is -0.910. The van der Waals surface area contributed by atoms with Crippen molar-refractivity contribution in [2.24, 2.45) is 5.92 Å². The summed E-state index contributed by atoms with van der Waals surface area (Å²) in [5.41, 5.74) is 0. The summed E-state index contributed by atoms with van der Waals surface area (Å²) in [5, 5.41) is 2.97. The predicted octanol–water partition coefficient (Wildman–Crippen LogP) is 2.56. The number of nitrogens with one attached hydrogen (secondary N) is 1. The van der Waals surface area contributed by atoms with Gasteiger partial charge in [0.2, 0.25) is 5.91 Å². The number of nitrogens with zero attached hydrogens (tertiary/aromatic N) is 1. The van der Waals surface area contributed by atoms with Gasteiger partial charge in [-0.25, -0.2) is 0 Å². The van der Waals surface area contributed by atoms with Gasteiger partial charge in [-0.05, 0) is 58.2 Å². The third kappa shape index (κ3) is 3.70. The smallest absolute Gasteiger partial charge is 0.249 e. The number of amides is 1. The molecule has 1 aromatic rings. The predicted molar refractivity (Wildman–Crippen MR) is 89.0 cm³/mol. The highest BCUT2D eigenvalue weighted by Crippen LogP contribution is 2.34. The first kappa shape index (κ1) is 16.0. The van der Waals surface area contributed by atoms with Crippen molar-refractivity contribution in [2.45, 2.75) is 58.4 Å². The van der Waals surface area contributed by atoms with E-state index >= 15 is 0 Å². The van der Waals surface area contributed by atoms with Gasteiger partial charge in [-0.1, -0.05) is 0 Å². The first-order valence-electron chi connectivity index (χ1n) is 8.25. The van der Waals surface area contributed by atoms with Crippen LogP contribution >= 0.6 is 11.3 Å². The molecule has 0 spiro atoms. The molecule has 0 saturated carbocycles. The third-order valence-corrected chi connectivity index (χ3v) is 5.52. The number of carbonyl (C=O) groups is 1. The van der Waals surface area contributed by atoms with E-state index in [9.17, 15) is 4.79 Å². The van der Waals surface area contributed by atoms with Gasteiger partial charge >= 0.3 is 0 Å². The molecule has 0 radical (unpaired) electrons. The molecule has 0 bridgehead atoms. The molecule has 122 valence electrons. The van der Waals surface area contributed by atoms with E-state index < -0.39 is 0 Å². The van der Waals surface area contributed by atoms with Gasteiger partial charge in [0.25, 0.3) is 0 Å². The Morgan fingerprint density at radius 1 is 1.50 bits per heavy atom. The Bertz CT molecular complexity index is 528. The number of thiophene rings is 1. The van der Waals surface area contributed by atoms with Gasteiger partial charge in [-0.3, -0.25) is 9.69 Å². The van der Waals surface area contributed by atoms with Gasteiger partial charge in [0.15, 0.2) is 0 Å². The lowest BCUT2D eigenvalue weighted by molar-refractivity contribution is -0.133. The number of hydrogen-bond acceptors (Lipinski definition) is 4. The number of rotatable bonds is 4. The second-order valence-electron chi connectivity index (χ2n) is 6.86. The zero-order valence-electron chi connectivity index (χ0n) is 13.7. The molecule has 1 amide bonds. The number of aryl methyl sites for hydroxylation is 1. The fourth-order valence-electron chi connectivity index (χ4n) is 3.47. The number of piperidine rings is 1. The van der Waals surface area contributed by atoms with E-state index in [1.807, 2.05) is 25.2 Å². The average molecular weight is 322 g/mol. The van der Waals surface area contributed by atoms with Crippen LogP contribution in [0.1, 0.15) is 36.4 Å². The van der Waals surface area contributed by atoms with Crippen LogP contribution in [0.2, 0.25) is 0 Å². The SMILES string of the molecule is Cc1ccc(CN2CC[C@@H]3C[C@H](C(=O)NC(C)C)O[C@H]3C2)s1. The zero-order chi connectivity index (χ0) is 15.7. The molecule has 2 aliphatic rings. The van der Waals surface area contributed by atoms with Crippen molar-refractivity contribution in [3.8, 4) is 0 Å². The first-order chi connectivity index (χ1) is 10.5. The maximum Gasteiger partial charge on any atom is 0.249 e. The largest absolute Gasteiger partial charge is 0.364 e. The highest BCUT2D eigenvalue weighted by atomic mass is 32.1. The van der Waals surface area contributed by atoms with E-state index in [0.29, 0.717) is 5.92 Å². The maximum absolute atomic E-state index is 12.1. The van der Waals surface area contributed by atoms with Gasteiger partial charge in [-0.15, -0.1) is 11.3 Å². The lowest BCUT2D eigenvalue weighted by atomic mass is 9.91. The second kappa shape index (κ2) is 6.69. The molecule has 22 heavy (non-hydrogen) atoms. The summed E-state index contributed by atoms with van der Waals surface area (Å²) in [4.78, 5) is 17.4. The van der Waals surface area contributed by atoms with Crippen molar-refractivity contribution in [1.82, 2.24) is 10.2 Å². The molecule has 3 rings (SSSR count). The summed E-state index contributed by atoms with van der Waals surface area (Å²) < 4.78 is 6.05.